The molecule has 0 bridgehead atoms. The Labute approximate surface area is 208 Å². The topological polar surface area (TPSA) is 90.0 Å². The van der Waals surface area contributed by atoms with Crippen LogP contribution in [0.25, 0.3) is 10.9 Å². The molecule has 0 aliphatic carbocycles. The molecule has 1 aliphatic rings. The number of carbonyl (C=O) groups excluding carboxylic acids is 2. The van der Waals surface area contributed by atoms with Crippen molar-refractivity contribution in [2.75, 3.05) is 40.0 Å². The van der Waals surface area contributed by atoms with Crippen molar-refractivity contribution in [3.8, 4) is 11.5 Å². The number of amides is 1. The number of ketones is 1. The van der Waals surface area contributed by atoms with Crippen molar-refractivity contribution in [2.24, 2.45) is 5.41 Å². The van der Waals surface area contributed by atoms with Crippen LogP contribution in [0.4, 0.5) is 0 Å². The Balaban J connectivity index is 1.90. The second-order valence-corrected chi connectivity index (χ2v) is 10.4. The zero-order valence-corrected chi connectivity index (χ0v) is 21.8. The number of piperidine rings is 1. The third-order valence-corrected chi connectivity index (χ3v) is 6.26. The molecule has 192 valence electrons. The van der Waals surface area contributed by atoms with Gasteiger partial charge in [0.15, 0.2) is 5.78 Å². The van der Waals surface area contributed by atoms with Gasteiger partial charge in [-0.05, 0) is 45.4 Å². The Morgan fingerprint density at radius 2 is 1.94 bits per heavy atom. The van der Waals surface area contributed by atoms with Crippen molar-refractivity contribution < 1.29 is 23.8 Å². The highest BCUT2D eigenvalue weighted by molar-refractivity contribution is 5.98. The van der Waals surface area contributed by atoms with Gasteiger partial charge in [0.05, 0.1) is 6.61 Å². The van der Waals surface area contributed by atoms with Gasteiger partial charge in [-0.15, -0.1) is 0 Å². The number of nitrogens with one attached hydrogen (secondary N) is 1. The number of benzene rings is 1. The van der Waals surface area contributed by atoms with Gasteiger partial charge in [-0.3, -0.25) is 14.5 Å². The summed E-state index contributed by atoms with van der Waals surface area (Å²) in [5, 5.41) is 3.86. The predicted molar refractivity (Wildman–Crippen MR) is 136 cm³/mol. The summed E-state index contributed by atoms with van der Waals surface area (Å²) in [6.07, 6.45) is 1.97. The summed E-state index contributed by atoms with van der Waals surface area (Å²) in [6, 6.07) is 7.61. The van der Waals surface area contributed by atoms with E-state index in [4.69, 9.17) is 14.2 Å². The molecule has 1 amide bonds. The first kappa shape index (κ1) is 26.9. The van der Waals surface area contributed by atoms with Gasteiger partial charge in [0.1, 0.15) is 35.9 Å². The highest BCUT2D eigenvalue weighted by Gasteiger charge is 2.25. The molecule has 2 heterocycles. The molecule has 0 unspecified atom stereocenters. The first-order valence-corrected chi connectivity index (χ1v) is 12.4. The zero-order valence-electron chi connectivity index (χ0n) is 21.8. The molecule has 1 fully saturated rings. The van der Waals surface area contributed by atoms with E-state index < -0.39 is 5.41 Å². The van der Waals surface area contributed by atoms with Crippen molar-refractivity contribution in [3.63, 3.8) is 0 Å². The van der Waals surface area contributed by atoms with E-state index in [0.717, 1.165) is 25.9 Å². The number of ether oxygens (including phenoxy) is 3. The molecule has 1 saturated heterocycles. The maximum absolute atomic E-state index is 13.3. The van der Waals surface area contributed by atoms with Gasteiger partial charge in [-0.25, -0.2) is 4.98 Å². The van der Waals surface area contributed by atoms with Crippen molar-refractivity contribution >= 4 is 22.6 Å². The lowest BCUT2D eigenvalue weighted by Gasteiger charge is -2.35. The second kappa shape index (κ2) is 11.8. The minimum atomic E-state index is -0.513. The van der Waals surface area contributed by atoms with Gasteiger partial charge in [0.2, 0.25) is 0 Å². The molecule has 8 heteroatoms. The smallest absolute Gasteiger partial charge is 0.270 e. The summed E-state index contributed by atoms with van der Waals surface area (Å²) in [4.78, 5) is 32.7. The number of likely N-dealkylation sites (tertiary alicyclic amines) is 1. The van der Waals surface area contributed by atoms with Crippen LogP contribution in [0.1, 0.15) is 57.9 Å². The zero-order chi connectivity index (χ0) is 25.6. The van der Waals surface area contributed by atoms with Crippen LogP contribution in [-0.2, 0) is 9.53 Å². The van der Waals surface area contributed by atoms with Crippen LogP contribution >= 0.6 is 0 Å². The van der Waals surface area contributed by atoms with Crippen LogP contribution in [0.15, 0.2) is 24.3 Å². The molecule has 0 spiro atoms. The van der Waals surface area contributed by atoms with Crippen molar-refractivity contribution in [3.05, 3.63) is 30.0 Å². The lowest BCUT2D eigenvalue weighted by Crippen LogP contribution is -2.49. The standard InChI is InChI=1S/C27H39N3O5/c1-18(2)30-12-8-9-19(16-30)28-26(32)21-15-23(34-14-13-33-6)20-10-7-11-22(25(20)29-21)35-17-24(31)27(3,4)5/h7,10-11,15,18-19H,8-9,12-14,16-17H2,1-6H3,(H,28,32)/t19-/m0/s1. The summed E-state index contributed by atoms with van der Waals surface area (Å²) >= 11 is 0. The number of Topliss-reactive ketones (excluding diaryl/α,β-unsaturated/α-hetero) is 1. The monoisotopic (exact) mass is 485 g/mol. The van der Waals surface area contributed by atoms with Gasteiger partial charge in [0, 0.05) is 42.6 Å². The number of aromatic nitrogens is 1. The molecule has 1 N–H and O–H groups in total. The Bertz CT molecular complexity index is 1030. The highest BCUT2D eigenvalue weighted by atomic mass is 16.5. The highest BCUT2D eigenvalue weighted by Crippen LogP contribution is 2.32. The first-order valence-electron chi connectivity index (χ1n) is 12.4. The third-order valence-electron chi connectivity index (χ3n) is 6.26. The molecule has 3 rings (SSSR count). The Kier molecular flexibility index (Phi) is 9.08. The average molecular weight is 486 g/mol. The summed E-state index contributed by atoms with van der Waals surface area (Å²) in [6.45, 7) is 12.4. The second-order valence-electron chi connectivity index (χ2n) is 10.4. The maximum Gasteiger partial charge on any atom is 0.270 e. The van der Waals surface area contributed by atoms with E-state index in [0.29, 0.717) is 41.7 Å². The number of nitrogens with zero attached hydrogens (tertiary/aromatic N) is 2. The number of hydrogen-bond acceptors (Lipinski definition) is 7. The fraction of sp³-hybridized carbons (Fsp3) is 0.593. The lowest BCUT2D eigenvalue weighted by molar-refractivity contribution is -0.128. The van der Waals surface area contributed by atoms with Gasteiger partial charge >= 0.3 is 0 Å². The SMILES string of the molecule is COCCOc1cc(C(=O)N[C@H]2CCCN(C(C)C)C2)nc2c(OCC(=O)C(C)(C)C)cccc12. The summed E-state index contributed by atoms with van der Waals surface area (Å²) in [5.41, 5.74) is 0.230. The van der Waals surface area contributed by atoms with E-state index in [1.165, 1.54) is 0 Å². The first-order chi connectivity index (χ1) is 16.6. The number of para-hydroxylation sites is 1. The largest absolute Gasteiger partial charge is 0.490 e. The minimum Gasteiger partial charge on any atom is -0.490 e. The molecule has 8 nitrogen and oxygen atoms in total. The molecular weight excluding hydrogens is 446 g/mol. The van der Waals surface area contributed by atoms with Crippen molar-refractivity contribution in [1.82, 2.24) is 15.2 Å². The maximum atomic E-state index is 13.3. The normalized spacial score (nSPS) is 16.9. The van der Waals surface area contributed by atoms with Gasteiger partial charge in [-0.2, -0.15) is 0 Å². The molecule has 1 atom stereocenters. The third kappa shape index (κ3) is 7.15. The van der Waals surface area contributed by atoms with Crippen molar-refractivity contribution in [1.29, 1.82) is 0 Å². The fourth-order valence-corrected chi connectivity index (χ4v) is 3.99. The van der Waals surface area contributed by atoms with Gasteiger partial charge in [-0.1, -0.05) is 26.8 Å². The van der Waals surface area contributed by atoms with Crippen LogP contribution in [0.5, 0.6) is 11.5 Å². The van der Waals surface area contributed by atoms with Crippen LogP contribution in [0.2, 0.25) is 0 Å². The van der Waals surface area contributed by atoms with E-state index in [2.05, 4.69) is 29.0 Å². The van der Waals surface area contributed by atoms with Crippen LogP contribution in [0, 0.1) is 5.41 Å². The van der Waals surface area contributed by atoms with Gasteiger partial charge in [0.25, 0.3) is 5.91 Å². The van der Waals surface area contributed by atoms with Crippen LogP contribution in [0.3, 0.4) is 0 Å². The number of carbonyl (C=O) groups is 2. The summed E-state index contributed by atoms with van der Waals surface area (Å²) in [7, 11) is 1.61. The molecule has 35 heavy (non-hydrogen) atoms. The molecule has 0 saturated carbocycles. The number of rotatable bonds is 10. The molecule has 2 aromatic rings. The number of hydrogen-bond donors (Lipinski definition) is 1. The van der Waals surface area contributed by atoms with E-state index >= 15 is 0 Å². The Hall–Kier alpha value is -2.71. The average Bonchev–Trinajstić information content (AvgIpc) is 2.82. The van der Waals surface area contributed by atoms with Crippen LogP contribution in [-0.4, -0.2) is 73.7 Å². The van der Waals surface area contributed by atoms with Gasteiger partial charge < -0.3 is 19.5 Å². The predicted octanol–water partition coefficient (Wildman–Crippen LogP) is 3.86. The summed E-state index contributed by atoms with van der Waals surface area (Å²) < 4.78 is 16.9. The quantitative estimate of drug-likeness (QED) is 0.511. The summed E-state index contributed by atoms with van der Waals surface area (Å²) in [5.74, 6) is 0.693. The van der Waals surface area contributed by atoms with E-state index in [1.807, 2.05) is 32.9 Å². The van der Waals surface area contributed by atoms with E-state index in [1.54, 1.807) is 19.2 Å². The van der Waals surface area contributed by atoms with Crippen LogP contribution < -0.4 is 14.8 Å². The molecule has 1 aromatic heterocycles. The number of methoxy groups -OCH3 is 1. The Morgan fingerprint density at radius 3 is 2.63 bits per heavy atom. The molecule has 1 aliphatic heterocycles. The number of pyridine rings is 1. The fourth-order valence-electron chi connectivity index (χ4n) is 3.99. The number of fused-ring (bicyclic) bond motifs is 1. The van der Waals surface area contributed by atoms with E-state index in [9.17, 15) is 9.59 Å². The molecule has 1 aromatic carbocycles. The Morgan fingerprint density at radius 1 is 1.17 bits per heavy atom. The lowest BCUT2D eigenvalue weighted by atomic mass is 9.91. The molecule has 0 radical (unpaired) electrons. The molecular formula is C27H39N3O5. The van der Waals surface area contributed by atoms with Crippen molar-refractivity contribution in [2.45, 2.75) is 59.5 Å². The minimum absolute atomic E-state index is 0.0213. The van der Waals surface area contributed by atoms with E-state index in [-0.39, 0.29) is 30.0 Å².